The minimum Gasteiger partial charge on any atom is -0.236 e. The first-order chi connectivity index (χ1) is 5.27. The van der Waals surface area contributed by atoms with Crippen molar-refractivity contribution in [3.63, 3.8) is 0 Å². The smallest absolute Gasteiger partial charge is 0.157 e. The Morgan fingerprint density at radius 2 is 2.27 bits per heavy atom. The molecule has 4 heteroatoms. The van der Waals surface area contributed by atoms with E-state index in [9.17, 15) is 0 Å². The first-order valence-corrected chi connectivity index (χ1v) is 4.31. The van der Waals surface area contributed by atoms with Gasteiger partial charge >= 0.3 is 0 Å². The summed E-state index contributed by atoms with van der Waals surface area (Å²) in [6, 6.07) is 0. The van der Waals surface area contributed by atoms with Gasteiger partial charge in [-0.25, -0.2) is 9.50 Å². The number of hydrogen-bond acceptors (Lipinski definition) is 2. The van der Waals surface area contributed by atoms with Crippen molar-refractivity contribution in [3.05, 3.63) is 27.7 Å². The molecule has 0 fully saturated rings. The lowest BCUT2D eigenvalue weighted by Crippen LogP contribution is -1.90. The van der Waals surface area contributed by atoms with Crippen molar-refractivity contribution in [1.82, 2.24) is 14.6 Å². The van der Waals surface area contributed by atoms with Crippen LogP contribution in [0.4, 0.5) is 0 Å². The highest BCUT2D eigenvalue weighted by Crippen LogP contribution is 2.07. The molecule has 0 radical (unpaired) electrons. The molecule has 2 aromatic rings. The molecule has 0 amide bonds. The zero-order valence-corrected chi connectivity index (χ0v) is 8.11. The minimum atomic E-state index is 0.936. The van der Waals surface area contributed by atoms with Crippen molar-refractivity contribution in [1.29, 1.82) is 0 Å². The van der Waals surface area contributed by atoms with Gasteiger partial charge in [0.25, 0.3) is 0 Å². The predicted molar refractivity (Wildman–Crippen MR) is 50.4 cm³/mol. The van der Waals surface area contributed by atoms with E-state index in [4.69, 9.17) is 0 Å². The molecule has 2 aromatic heterocycles. The number of aryl methyl sites for hydroxylation is 1. The normalized spacial score (nSPS) is 10.7. The van der Waals surface area contributed by atoms with Gasteiger partial charge < -0.3 is 0 Å². The lowest BCUT2D eigenvalue weighted by molar-refractivity contribution is 0.932. The fourth-order valence-corrected chi connectivity index (χ4v) is 1.37. The summed E-state index contributed by atoms with van der Waals surface area (Å²) in [5, 5.41) is 4.13. The summed E-state index contributed by atoms with van der Waals surface area (Å²) in [5.41, 5.74) is 2.05. The average molecular weight is 259 g/mol. The Morgan fingerprint density at radius 3 is 3.09 bits per heavy atom. The van der Waals surface area contributed by atoms with Crippen LogP contribution in [0.2, 0.25) is 0 Å². The Kier molecular flexibility index (Phi) is 1.56. The largest absolute Gasteiger partial charge is 0.236 e. The molecule has 56 valence electrons. The number of hydrogen-bond donors (Lipinski definition) is 0. The Hall–Kier alpha value is -0.650. The molecule has 0 atom stereocenters. The molecule has 0 saturated heterocycles. The van der Waals surface area contributed by atoms with Crippen LogP contribution in [0.3, 0.4) is 0 Å². The van der Waals surface area contributed by atoms with Gasteiger partial charge in [0, 0.05) is 21.5 Å². The van der Waals surface area contributed by atoms with E-state index in [-0.39, 0.29) is 0 Å². The molecule has 0 N–H and O–H groups in total. The second kappa shape index (κ2) is 2.44. The SMILES string of the molecule is Cc1cnn2cc(I)cnc12. The van der Waals surface area contributed by atoms with Gasteiger partial charge in [-0.2, -0.15) is 5.10 Å². The van der Waals surface area contributed by atoms with Crippen LogP contribution in [0.1, 0.15) is 5.56 Å². The molecule has 2 heterocycles. The van der Waals surface area contributed by atoms with Crippen LogP contribution in [0.25, 0.3) is 5.65 Å². The number of halogens is 1. The predicted octanol–water partition coefficient (Wildman–Crippen LogP) is 1.64. The van der Waals surface area contributed by atoms with Gasteiger partial charge in [-0.1, -0.05) is 0 Å². The quantitative estimate of drug-likeness (QED) is 0.673. The molecule has 11 heavy (non-hydrogen) atoms. The molecule has 0 unspecified atom stereocenters. The van der Waals surface area contributed by atoms with Crippen molar-refractivity contribution < 1.29 is 0 Å². The van der Waals surface area contributed by atoms with E-state index in [0.717, 1.165) is 14.8 Å². The van der Waals surface area contributed by atoms with E-state index in [1.54, 1.807) is 4.52 Å². The van der Waals surface area contributed by atoms with Crippen molar-refractivity contribution in [2.75, 3.05) is 0 Å². The fraction of sp³-hybridized carbons (Fsp3) is 0.143. The van der Waals surface area contributed by atoms with Crippen LogP contribution in [0.5, 0.6) is 0 Å². The number of rotatable bonds is 0. The highest BCUT2D eigenvalue weighted by Gasteiger charge is 1.98. The van der Waals surface area contributed by atoms with Crippen molar-refractivity contribution in [3.8, 4) is 0 Å². The third kappa shape index (κ3) is 1.11. The third-order valence-electron chi connectivity index (χ3n) is 1.50. The summed E-state index contributed by atoms with van der Waals surface area (Å²) in [7, 11) is 0. The maximum atomic E-state index is 4.23. The zero-order chi connectivity index (χ0) is 7.84. The molecular formula is C7H6IN3. The molecule has 0 aliphatic heterocycles. The van der Waals surface area contributed by atoms with Gasteiger partial charge in [-0.15, -0.1) is 0 Å². The monoisotopic (exact) mass is 259 g/mol. The summed E-state index contributed by atoms with van der Waals surface area (Å²) < 4.78 is 2.88. The highest BCUT2D eigenvalue weighted by molar-refractivity contribution is 14.1. The van der Waals surface area contributed by atoms with Crippen LogP contribution >= 0.6 is 22.6 Å². The number of nitrogens with zero attached hydrogens (tertiary/aromatic N) is 3. The number of fused-ring (bicyclic) bond motifs is 1. The maximum Gasteiger partial charge on any atom is 0.157 e. The average Bonchev–Trinajstić information content (AvgIpc) is 2.32. The molecule has 0 bridgehead atoms. The topological polar surface area (TPSA) is 30.2 Å². The summed E-state index contributed by atoms with van der Waals surface area (Å²) in [6.45, 7) is 2.00. The number of aromatic nitrogens is 3. The lowest BCUT2D eigenvalue weighted by atomic mass is 10.4. The molecule has 0 spiro atoms. The van der Waals surface area contributed by atoms with Crippen LogP contribution in [0, 0.1) is 10.5 Å². The van der Waals surface area contributed by atoms with Gasteiger partial charge in [0.05, 0.1) is 6.20 Å². The van der Waals surface area contributed by atoms with E-state index in [0.29, 0.717) is 0 Å². The fourth-order valence-electron chi connectivity index (χ4n) is 0.970. The van der Waals surface area contributed by atoms with E-state index in [2.05, 4.69) is 32.7 Å². The summed E-state index contributed by atoms with van der Waals surface area (Å²) in [6.07, 6.45) is 5.61. The lowest BCUT2D eigenvalue weighted by Gasteiger charge is -1.92. The van der Waals surface area contributed by atoms with Gasteiger partial charge in [0.2, 0.25) is 0 Å². The van der Waals surface area contributed by atoms with E-state index >= 15 is 0 Å². The first kappa shape index (κ1) is 7.02. The second-order valence-electron chi connectivity index (χ2n) is 2.37. The molecule has 0 aliphatic rings. The van der Waals surface area contributed by atoms with E-state index < -0.39 is 0 Å². The van der Waals surface area contributed by atoms with Gasteiger partial charge in [-0.3, -0.25) is 0 Å². The maximum absolute atomic E-state index is 4.23. The molecule has 0 aromatic carbocycles. The van der Waals surface area contributed by atoms with Crippen molar-refractivity contribution >= 4 is 28.2 Å². The Balaban J connectivity index is 2.86. The van der Waals surface area contributed by atoms with Gasteiger partial charge in [-0.05, 0) is 29.5 Å². The van der Waals surface area contributed by atoms with Gasteiger partial charge in [0.15, 0.2) is 5.65 Å². The molecular weight excluding hydrogens is 253 g/mol. The van der Waals surface area contributed by atoms with Gasteiger partial charge in [0.1, 0.15) is 0 Å². The van der Waals surface area contributed by atoms with Crippen molar-refractivity contribution in [2.45, 2.75) is 6.92 Å². The molecule has 0 aliphatic carbocycles. The van der Waals surface area contributed by atoms with Crippen LogP contribution in [0.15, 0.2) is 18.6 Å². The Labute approximate surface area is 77.6 Å². The highest BCUT2D eigenvalue weighted by atomic mass is 127. The van der Waals surface area contributed by atoms with Crippen LogP contribution in [-0.4, -0.2) is 14.6 Å². The first-order valence-electron chi connectivity index (χ1n) is 3.23. The second-order valence-corrected chi connectivity index (χ2v) is 3.61. The van der Waals surface area contributed by atoms with Crippen molar-refractivity contribution in [2.24, 2.45) is 0 Å². The summed E-state index contributed by atoms with van der Waals surface area (Å²) in [5.74, 6) is 0. The minimum absolute atomic E-state index is 0.936. The Morgan fingerprint density at radius 1 is 1.45 bits per heavy atom. The van der Waals surface area contributed by atoms with Crippen LogP contribution < -0.4 is 0 Å². The molecule has 0 saturated carbocycles. The summed E-state index contributed by atoms with van der Waals surface area (Å²) in [4.78, 5) is 4.23. The van der Waals surface area contributed by atoms with E-state index in [1.165, 1.54) is 0 Å². The third-order valence-corrected chi connectivity index (χ3v) is 2.06. The molecule has 2 rings (SSSR count). The zero-order valence-electron chi connectivity index (χ0n) is 5.95. The molecule has 3 nitrogen and oxygen atoms in total. The Bertz CT molecular complexity index is 393. The van der Waals surface area contributed by atoms with E-state index in [1.807, 2.05) is 25.5 Å². The summed E-state index contributed by atoms with van der Waals surface area (Å²) >= 11 is 2.21. The van der Waals surface area contributed by atoms with Crippen LogP contribution in [-0.2, 0) is 0 Å². The standard InChI is InChI=1S/C7H6IN3/c1-5-2-10-11-4-6(8)3-9-7(5)11/h2-4H,1H3.